The highest BCUT2D eigenvalue weighted by Crippen LogP contribution is 2.33. The van der Waals surface area contributed by atoms with Crippen molar-refractivity contribution in [3.05, 3.63) is 61.9 Å². The molecule has 0 bridgehead atoms. The average molecular weight is 791 g/mol. The fraction of sp³-hybridized carbons (Fsp3) is 0.459. The molecular weight excluding hydrogens is 748 g/mol. The molecule has 18 heteroatoms. The Balaban J connectivity index is 0.894. The number of hydrogen-bond acceptors (Lipinski definition) is 13. The van der Waals surface area contributed by atoms with Crippen molar-refractivity contribution in [1.29, 1.82) is 0 Å². The Morgan fingerprint density at radius 3 is 2.56 bits per heavy atom. The van der Waals surface area contributed by atoms with Crippen LogP contribution >= 0.6 is 22.9 Å². The fourth-order valence-corrected chi connectivity index (χ4v) is 8.38. The molecule has 0 radical (unpaired) electrons. The second-order valence-electron chi connectivity index (χ2n) is 14.2. The third-order valence-electron chi connectivity index (χ3n) is 10.5. The number of likely N-dealkylation sites (N-methyl/N-ethyl adjacent to an activating group) is 1. The van der Waals surface area contributed by atoms with Crippen molar-refractivity contribution in [2.24, 2.45) is 13.0 Å². The zero-order valence-corrected chi connectivity index (χ0v) is 32.2. The van der Waals surface area contributed by atoms with Gasteiger partial charge in [0.2, 0.25) is 17.8 Å². The highest BCUT2D eigenvalue weighted by atomic mass is 35.5. The molecule has 3 aromatic heterocycles. The van der Waals surface area contributed by atoms with E-state index >= 15 is 0 Å². The lowest BCUT2D eigenvalue weighted by Gasteiger charge is -2.37. The van der Waals surface area contributed by atoms with Gasteiger partial charge in [-0.25, -0.2) is 9.97 Å². The number of anilines is 3. The number of nitrogens with one attached hydrogen (secondary N) is 4. The lowest BCUT2D eigenvalue weighted by atomic mass is 9.93. The second kappa shape index (κ2) is 16.7. The molecule has 3 fully saturated rings. The summed E-state index contributed by atoms with van der Waals surface area (Å²) >= 11 is 8.03. The Kier molecular flexibility index (Phi) is 11.6. The SMILES string of the molecule is CNC(=O)COc1cc2cc(Nc3nc(N4CCC(CN5CCC(c6nc(C(=O)NC7CCC(=O)NC7=O)cs6)CC5)CC4)ncc3Cl)ccc2n(C)c1=O. The molecule has 4 N–H and O–H groups in total. The average Bonchev–Trinajstić information content (AvgIpc) is 3.69. The molecule has 1 unspecified atom stereocenters. The van der Waals surface area contributed by atoms with Crippen LogP contribution in [0.25, 0.3) is 10.9 Å². The summed E-state index contributed by atoms with van der Waals surface area (Å²) < 4.78 is 6.98. The number of halogens is 1. The molecule has 16 nitrogen and oxygen atoms in total. The number of carbonyl (C=O) groups is 4. The molecule has 4 amide bonds. The van der Waals surface area contributed by atoms with E-state index in [9.17, 15) is 24.0 Å². The molecule has 1 atom stereocenters. The van der Waals surface area contributed by atoms with Crippen LogP contribution in [0.15, 0.2) is 40.6 Å². The van der Waals surface area contributed by atoms with Gasteiger partial charge in [0.1, 0.15) is 16.8 Å². The molecule has 0 spiro atoms. The first-order valence-electron chi connectivity index (χ1n) is 18.4. The molecule has 6 heterocycles. The zero-order valence-electron chi connectivity index (χ0n) is 30.6. The van der Waals surface area contributed by atoms with Crippen molar-refractivity contribution >= 4 is 74.9 Å². The summed E-state index contributed by atoms with van der Waals surface area (Å²) in [5, 5.41) is 14.6. The summed E-state index contributed by atoms with van der Waals surface area (Å²) in [6, 6.07) is 6.44. The number of thiazole rings is 1. The molecule has 7 rings (SSSR count). The van der Waals surface area contributed by atoms with Gasteiger partial charge >= 0.3 is 0 Å². The molecule has 4 aromatic rings. The first-order chi connectivity index (χ1) is 26.5. The normalized spacial score (nSPS) is 18.6. The third-order valence-corrected chi connectivity index (χ3v) is 11.8. The number of nitrogens with zero attached hydrogens (tertiary/aromatic N) is 6. The highest BCUT2D eigenvalue weighted by molar-refractivity contribution is 7.09. The lowest BCUT2D eigenvalue weighted by molar-refractivity contribution is -0.134. The Morgan fingerprint density at radius 2 is 1.82 bits per heavy atom. The maximum Gasteiger partial charge on any atom is 0.293 e. The van der Waals surface area contributed by atoms with Crippen molar-refractivity contribution in [1.82, 2.24) is 40.4 Å². The predicted octanol–water partition coefficient (Wildman–Crippen LogP) is 2.94. The molecular formula is C37H43ClN10O6S. The Bertz CT molecular complexity index is 2160. The van der Waals surface area contributed by atoms with Gasteiger partial charge in [-0.1, -0.05) is 11.6 Å². The number of rotatable bonds is 11. The van der Waals surface area contributed by atoms with E-state index in [0.717, 1.165) is 68.8 Å². The predicted molar refractivity (Wildman–Crippen MR) is 208 cm³/mol. The number of likely N-dealkylation sites (tertiary alicyclic amines) is 1. The maximum absolute atomic E-state index is 12.8. The van der Waals surface area contributed by atoms with Gasteiger partial charge in [0, 0.05) is 62.5 Å². The van der Waals surface area contributed by atoms with Crippen LogP contribution in [0.2, 0.25) is 5.02 Å². The van der Waals surface area contributed by atoms with Crippen LogP contribution < -0.4 is 36.5 Å². The van der Waals surface area contributed by atoms with Crippen molar-refractivity contribution < 1.29 is 23.9 Å². The lowest BCUT2D eigenvalue weighted by Crippen LogP contribution is -2.52. The minimum Gasteiger partial charge on any atom is -0.478 e. The van der Waals surface area contributed by atoms with Gasteiger partial charge in [0.05, 0.1) is 16.7 Å². The Hall–Kier alpha value is -5.13. The number of amides is 4. The molecule has 1 aromatic carbocycles. The van der Waals surface area contributed by atoms with Crippen LogP contribution in [0, 0.1) is 5.92 Å². The summed E-state index contributed by atoms with van der Waals surface area (Å²) in [5.74, 6) is 0.480. The van der Waals surface area contributed by atoms with Crippen LogP contribution in [0.1, 0.15) is 59.9 Å². The maximum atomic E-state index is 12.8. The van der Waals surface area contributed by atoms with Gasteiger partial charge in [-0.3, -0.25) is 29.3 Å². The molecule has 290 valence electrons. The third kappa shape index (κ3) is 8.89. The fourth-order valence-electron chi connectivity index (χ4n) is 7.27. The molecule has 0 aliphatic carbocycles. The summed E-state index contributed by atoms with van der Waals surface area (Å²) in [7, 11) is 3.16. The van der Waals surface area contributed by atoms with Crippen molar-refractivity contribution in [2.75, 3.05) is 56.6 Å². The van der Waals surface area contributed by atoms with Gasteiger partial charge < -0.3 is 35.1 Å². The van der Waals surface area contributed by atoms with Crippen molar-refractivity contribution in [3.8, 4) is 5.75 Å². The van der Waals surface area contributed by atoms with Gasteiger partial charge in [-0.15, -0.1) is 11.3 Å². The van der Waals surface area contributed by atoms with Crippen LogP contribution in [0.5, 0.6) is 5.75 Å². The van der Waals surface area contributed by atoms with E-state index in [2.05, 4.69) is 41.0 Å². The van der Waals surface area contributed by atoms with E-state index in [4.69, 9.17) is 21.3 Å². The number of aryl methyl sites for hydroxylation is 1. The first-order valence-corrected chi connectivity index (χ1v) is 19.6. The summed E-state index contributed by atoms with van der Waals surface area (Å²) in [4.78, 5) is 79.3. The first kappa shape index (κ1) is 38.2. The van der Waals surface area contributed by atoms with Crippen LogP contribution in [0.4, 0.5) is 17.5 Å². The Morgan fingerprint density at radius 1 is 1.04 bits per heavy atom. The smallest absolute Gasteiger partial charge is 0.293 e. The summed E-state index contributed by atoms with van der Waals surface area (Å²) in [6.45, 7) is 4.35. The second-order valence-corrected chi connectivity index (χ2v) is 15.5. The molecule has 3 aliphatic heterocycles. The van der Waals surface area contributed by atoms with Gasteiger partial charge in [0.25, 0.3) is 17.4 Å². The number of carbonyl (C=O) groups excluding carboxylic acids is 4. The van der Waals surface area contributed by atoms with E-state index in [1.807, 2.05) is 18.2 Å². The van der Waals surface area contributed by atoms with Gasteiger partial charge in [-0.2, -0.15) is 4.98 Å². The Labute approximate surface area is 326 Å². The number of pyridine rings is 1. The molecule has 3 aliphatic rings. The van der Waals surface area contributed by atoms with Crippen molar-refractivity contribution in [3.63, 3.8) is 0 Å². The number of benzene rings is 1. The van der Waals surface area contributed by atoms with E-state index in [1.165, 1.54) is 23.0 Å². The van der Waals surface area contributed by atoms with E-state index in [0.29, 0.717) is 51.9 Å². The summed E-state index contributed by atoms with van der Waals surface area (Å²) in [5.41, 5.74) is 1.39. The number of piperidine rings is 3. The largest absolute Gasteiger partial charge is 0.478 e. The van der Waals surface area contributed by atoms with E-state index in [1.54, 1.807) is 24.7 Å². The molecule has 3 saturated heterocycles. The van der Waals surface area contributed by atoms with Gasteiger partial charge in [-0.05, 0) is 75.4 Å². The van der Waals surface area contributed by atoms with E-state index in [-0.39, 0.29) is 42.1 Å². The monoisotopic (exact) mass is 790 g/mol. The highest BCUT2D eigenvalue weighted by Gasteiger charge is 2.31. The minimum atomic E-state index is -0.721. The topological polar surface area (TPSA) is 193 Å². The number of hydrogen-bond donors (Lipinski definition) is 4. The number of imide groups is 1. The summed E-state index contributed by atoms with van der Waals surface area (Å²) in [6.07, 6.45) is 6.07. The standard InChI is InChI=1S/C37H43ClN10O6S/c1-39-31(50)19-54-29-16-23-15-24(3-5-28(23)46(2)36(29)53)41-32-25(38)17-40-37(45-32)48-13-7-21(8-14-48)18-47-11-9-22(10-12-47)35-43-27(20-55-35)34(52)42-26-4-6-30(49)44-33(26)51/h3,5,15-17,20-22,26H,4,6-14,18-19H2,1-2H3,(H,39,50)(H,42,52)(H,40,41,45)(H,44,49,51). The number of fused-ring (bicyclic) bond motifs is 1. The van der Waals surface area contributed by atoms with Crippen LogP contribution in [-0.2, 0) is 21.4 Å². The van der Waals surface area contributed by atoms with Crippen LogP contribution in [0.3, 0.4) is 0 Å². The van der Waals surface area contributed by atoms with Crippen LogP contribution in [-0.4, -0.2) is 100 Å². The molecule has 0 saturated carbocycles. The van der Waals surface area contributed by atoms with Gasteiger partial charge in [0.15, 0.2) is 18.2 Å². The molecule has 55 heavy (non-hydrogen) atoms. The number of ether oxygens (including phenoxy) is 1. The van der Waals surface area contributed by atoms with E-state index < -0.39 is 11.9 Å². The zero-order chi connectivity index (χ0) is 38.6. The van der Waals surface area contributed by atoms with Crippen molar-refractivity contribution in [2.45, 2.75) is 50.5 Å². The quantitative estimate of drug-likeness (QED) is 0.163. The minimum absolute atomic E-state index is 0.0777. The number of aromatic nitrogens is 4.